The van der Waals surface area contributed by atoms with Crippen LogP contribution in [-0.4, -0.2) is 114 Å². The number of nitrogens with one attached hydrogen (secondary N) is 7. The molecule has 16 heteroatoms. The number of carbonyl (C=O) groups is 7. The molecule has 0 spiro atoms. The summed E-state index contributed by atoms with van der Waals surface area (Å²) in [4.78, 5) is 103. The van der Waals surface area contributed by atoms with Crippen LogP contribution in [0, 0.1) is 10.8 Å². The molecular formula is C56H77N9O7. The van der Waals surface area contributed by atoms with Crippen LogP contribution in [0.2, 0.25) is 0 Å². The highest BCUT2D eigenvalue weighted by molar-refractivity contribution is 5.97. The van der Waals surface area contributed by atoms with E-state index in [-0.39, 0.29) is 67.6 Å². The monoisotopic (exact) mass is 988 g/mol. The number of hydrogen-bond acceptors (Lipinski definition) is 9. The predicted octanol–water partition coefficient (Wildman–Crippen LogP) is 4.30. The van der Waals surface area contributed by atoms with Gasteiger partial charge in [-0.15, -0.1) is 0 Å². The highest BCUT2D eigenvalue weighted by atomic mass is 16.2. The van der Waals surface area contributed by atoms with Crippen molar-refractivity contribution in [2.45, 2.75) is 168 Å². The third kappa shape index (κ3) is 12.0. The van der Waals surface area contributed by atoms with Gasteiger partial charge >= 0.3 is 0 Å². The Bertz CT molecular complexity index is 2530. The molecule has 3 aromatic rings. The summed E-state index contributed by atoms with van der Waals surface area (Å²) >= 11 is 0. The molecule has 7 rings (SSSR count). The third-order valence-electron chi connectivity index (χ3n) is 15.2. The number of likely N-dealkylation sites (tertiary alicyclic amines) is 1. The molecule has 72 heavy (non-hydrogen) atoms. The average Bonchev–Trinajstić information content (AvgIpc) is 3.78. The summed E-state index contributed by atoms with van der Waals surface area (Å²) in [6.07, 6.45) is 5.38. The number of fused-ring (bicyclic) bond motifs is 3. The summed E-state index contributed by atoms with van der Waals surface area (Å²) in [6.45, 7) is 14.8. The van der Waals surface area contributed by atoms with Gasteiger partial charge < -0.3 is 47.0 Å². The van der Waals surface area contributed by atoms with Crippen LogP contribution in [-0.2, 0) is 54.6 Å². The number of nitrogens with zero attached hydrogens (tertiary/aromatic N) is 2. The first-order valence-corrected chi connectivity index (χ1v) is 25.8. The topological polar surface area (TPSA) is 210 Å². The van der Waals surface area contributed by atoms with Crippen LogP contribution in [0.1, 0.15) is 143 Å². The number of rotatable bonds is 14. The van der Waals surface area contributed by atoms with Crippen LogP contribution in [0.15, 0.2) is 66.7 Å². The van der Waals surface area contributed by atoms with E-state index in [1.165, 1.54) is 16.0 Å². The molecule has 16 nitrogen and oxygen atoms in total. The molecule has 7 N–H and O–H groups in total. The summed E-state index contributed by atoms with van der Waals surface area (Å²) in [5.41, 5.74) is 4.84. The number of aryl methyl sites for hydroxylation is 2. The van der Waals surface area contributed by atoms with Crippen molar-refractivity contribution in [3.63, 3.8) is 0 Å². The fourth-order valence-corrected chi connectivity index (χ4v) is 10.7. The Morgan fingerprint density at radius 2 is 1.07 bits per heavy atom. The molecule has 2 aliphatic carbocycles. The fourth-order valence-electron chi connectivity index (χ4n) is 10.7. The van der Waals surface area contributed by atoms with E-state index in [1.54, 1.807) is 51.0 Å². The molecule has 9 atom stereocenters. The van der Waals surface area contributed by atoms with E-state index in [4.69, 9.17) is 0 Å². The lowest BCUT2D eigenvalue weighted by Crippen LogP contribution is -2.62. The second-order valence-corrected chi connectivity index (χ2v) is 22.5. The first-order chi connectivity index (χ1) is 34.1. The second-order valence-electron chi connectivity index (χ2n) is 22.5. The zero-order chi connectivity index (χ0) is 52.2. The van der Waals surface area contributed by atoms with Gasteiger partial charge in [-0.1, -0.05) is 96.1 Å². The number of carbonyl (C=O) groups excluding carboxylic acids is 7. The van der Waals surface area contributed by atoms with E-state index < -0.39 is 64.9 Å². The quantitative estimate of drug-likeness (QED) is 0.123. The predicted molar refractivity (Wildman–Crippen MR) is 276 cm³/mol. The average molecular weight is 988 g/mol. The van der Waals surface area contributed by atoms with Gasteiger partial charge in [0.05, 0.1) is 24.2 Å². The number of likely N-dealkylation sites (N-methyl/N-ethyl adjacent to an activating group) is 2. The molecule has 3 aromatic carbocycles. The molecule has 0 bridgehead atoms. The van der Waals surface area contributed by atoms with Gasteiger partial charge in [-0.25, -0.2) is 0 Å². The molecule has 7 amide bonds. The van der Waals surface area contributed by atoms with Crippen molar-refractivity contribution in [2.75, 3.05) is 20.6 Å². The van der Waals surface area contributed by atoms with Crippen molar-refractivity contribution in [1.29, 1.82) is 0 Å². The Morgan fingerprint density at radius 3 is 1.57 bits per heavy atom. The number of amides is 7. The summed E-state index contributed by atoms with van der Waals surface area (Å²) in [6, 6.07) is 15.3. The van der Waals surface area contributed by atoms with Gasteiger partial charge in [0.2, 0.25) is 35.4 Å². The van der Waals surface area contributed by atoms with Gasteiger partial charge in [-0.05, 0) is 129 Å². The minimum atomic E-state index is -0.974. The lowest BCUT2D eigenvalue weighted by atomic mass is 9.83. The maximum absolute atomic E-state index is 14.9. The van der Waals surface area contributed by atoms with Crippen molar-refractivity contribution >= 4 is 41.4 Å². The Morgan fingerprint density at radius 1 is 0.583 bits per heavy atom. The standard InChI is InChI=1S/C56H77N9O7/c1-32(57-9)48(66)62-46(55(3,4)5)53(71)64-30-37-26-25-36(27-38(37)28-44(64)51(69)60-42-23-15-19-34-17-11-13-21-40(34)42)50(68)59-39-29-45(52(70)61-43-24-16-20-35-18-12-14-22-41(35)43)65(31-39)54(72)47(56(6,7)8)63-49(67)33(2)58-10/h11-14,17-18,21-22,25-27,32-33,39,42-47,57-58H,15-16,19-20,23-24,28-31H2,1-10H3,(H,59,68)(H,60,69)(H,61,70)(H,62,66)(H,63,67)/t32-,33-,39-,42+,43+,44-,45-,46+,47+/m0/s1. The molecule has 0 aromatic heterocycles. The lowest BCUT2D eigenvalue weighted by Gasteiger charge is -2.42. The first kappa shape index (κ1) is 53.7. The summed E-state index contributed by atoms with van der Waals surface area (Å²) in [7, 11) is 3.34. The van der Waals surface area contributed by atoms with Crippen LogP contribution in [0.25, 0.3) is 0 Å². The summed E-state index contributed by atoms with van der Waals surface area (Å²) < 4.78 is 0. The number of benzene rings is 3. The minimum absolute atomic E-state index is 0.0288. The molecule has 1 saturated heterocycles. The maximum atomic E-state index is 14.9. The van der Waals surface area contributed by atoms with Crippen molar-refractivity contribution in [1.82, 2.24) is 47.0 Å². The smallest absolute Gasteiger partial charge is 0.251 e. The molecule has 388 valence electrons. The van der Waals surface area contributed by atoms with Crippen molar-refractivity contribution < 1.29 is 33.6 Å². The lowest BCUT2D eigenvalue weighted by molar-refractivity contribution is -0.147. The summed E-state index contributed by atoms with van der Waals surface area (Å²) in [5.74, 6) is -2.57. The SMILES string of the molecule is CN[C@@H](C)C(=O)N[C@H](C(=O)N1Cc2ccc(C(=O)N[C@H]3C[C@@H](C(=O)N[C@@H]4CCCc5ccccc54)N(C(=O)[C@@H](NC(=O)[C@H](C)NC)C(C)(C)C)C3)cc2C[C@H]1C(=O)N[C@@H]1CCCc2ccccc21)C(C)(C)C. The Labute approximate surface area is 425 Å². The molecule has 2 heterocycles. The van der Waals surface area contributed by atoms with Gasteiger partial charge in [0.25, 0.3) is 5.91 Å². The zero-order valence-electron chi connectivity index (χ0n) is 43.9. The van der Waals surface area contributed by atoms with Crippen LogP contribution in [0.3, 0.4) is 0 Å². The first-order valence-electron chi connectivity index (χ1n) is 25.8. The molecular weight excluding hydrogens is 911 g/mol. The number of hydrogen-bond donors (Lipinski definition) is 7. The molecule has 0 unspecified atom stereocenters. The van der Waals surface area contributed by atoms with Gasteiger partial charge in [-0.3, -0.25) is 33.6 Å². The highest BCUT2D eigenvalue weighted by Gasteiger charge is 2.47. The third-order valence-corrected chi connectivity index (χ3v) is 15.2. The van der Waals surface area contributed by atoms with Crippen molar-refractivity contribution in [3.8, 4) is 0 Å². The minimum Gasteiger partial charge on any atom is -0.347 e. The summed E-state index contributed by atoms with van der Waals surface area (Å²) in [5, 5.41) is 21.4. The molecule has 1 fully saturated rings. The van der Waals surface area contributed by atoms with Crippen molar-refractivity contribution in [2.24, 2.45) is 10.8 Å². The maximum Gasteiger partial charge on any atom is 0.251 e. The van der Waals surface area contributed by atoms with E-state index >= 15 is 0 Å². The van der Waals surface area contributed by atoms with Gasteiger partial charge in [0.1, 0.15) is 24.2 Å². The largest absolute Gasteiger partial charge is 0.347 e. The Kier molecular flexibility index (Phi) is 16.6. The van der Waals surface area contributed by atoms with Crippen LogP contribution >= 0.6 is 0 Å². The molecule has 2 aliphatic heterocycles. The fraction of sp³-hybridized carbons (Fsp3) is 0.554. The zero-order valence-corrected chi connectivity index (χ0v) is 43.9. The second kappa shape index (κ2) is 22.3. The van der Waals surface area contributed by atoms with Gasteiger partial charge in [0.15, 0.2) is 0 Å². The van der Waals surface area contributed by atoms with E-state index in [2.05, 4.69) is 49.4 Å². The normalized spacial score (nSPS) is 22.4. The van der Waals surface area contributed by atoms with Gasteiger partial charge in [-0.2, -0.15) is 0 Å². The Hall–Kier alpha value is -6.13. The van der Waals surface area contributed by atoms with E-state index in [9.17, 15) is 33.6 Å². The van der Waals surface area contributed by atoms with E-state index in [1.807, 2.05) is 77.9 Å². The van der Waals surface area contributed by atoms with Crippen LogP contribution in [0.5, 0.6) is 0 Å². The molecule has 4 aliphatic rings. The van der Waals surface area contributed by atoms with E-state index in [0.717, 1.165) is 60.8 Å². The van der Waals surface area contributed by atoms with Crippen LogP contribution < -0.4 is 37.2 Å². The highest BCUT2D eigenvalue weighted by Crippen LogP contribution is 2.34. The van der Waals surface area contributed by atoms with E-state index in [0.29, 0.717) is 5.56 Å². The van der Waals surface area contributed by atoms with Crippen LogP contribution in [0.4, 0.5) is 0 Å². The van der Waals surface area contributed by atoms with Gasteiger partial charge in [0, 0.05) is 31.1 Å². The Balaban J connectivity index is 1.16. The van der Waals surface area contributed by atoms with Crippen molar-refractivity contribution in [3.05, 3.63) is 106 Å². The molecule has 0 saturated carbocycles. The molecule has 0 radical (unpaired) electrons.